The zero-order valence-corrected chi connectivity index (χ0v) is 17.2. The molecular formula is C21H23N3O3S. The van der Waals surface area contributed by atoms with Crippen LogP contribution in [-0.4, -0.2) is 25.8 Å². The van der Waals surface area contributed by atoms with Gasteiger partial charge in [-0.15, -0.1) is 0 Å². The van der Waals surface area contributed by atoms with Gasteiger partial charge in [0.05, 0.1) is 29.6 Å². The molecule has 0 unspecified atom stereocenters. The summed E-state index contributed by atoms with van der Waals surface area (Å²) in [5.41, 5.74) is 3.67. The zero-order chi connectivity index (χ0) is 20.5. The van der Waals surface area contributed by atoms with Gasteiger partial charge >= 0.3 is 0 Å². The van der Waals surface area contributed by atoms with Crippen molar-refractivity contribution in [1.82, 2.24) is 4.57 Å². The molecule has 6 nitrogen and oxygen atoms in total. The Bertz CT molecular complexity index is 1150. The Kier molecular flexibility index (Phi) is 5.34. The molecule has 7 heteroatoms. The van der Waals surface area contributed by atoms with Crippen molar-refractivity contribution in [2.24, 2.45) is 0 Å². The minimum absolute atomic E-state index is 0.116. The van der Waals surface area contributed by atoms with Crippen LogP contribution in [0.4, 0.5) is 5.69 Å². The smallest absolute Gasteiger partial charge is 0.229 e. The minimum atomic E-state index is -3.34. The molecule has 0 spiro atoms. The van der Waals surface area contributed by atoms with E-state index in [0.29, 0.717) is 17.9 Å². The summed E-state index contributed by atoms with van der Waals surface area (Å²) in [7, 11) is -3.34. The second-order valence-corrected chi connectivity index (χ2v) is 8.61. The van der Waals surface area contributed by atoms with Crippen LogP contribution in [0.5, 0.6) is 5.75 Å². The lowest BCUT2D eigenvalue weighted by atomic mass is 10.1. The number of hydrogen-bond acceptors (Lipinski definition) is 4. The van der Waals surface area contributed by atoms with Gasteiger partial charge < -0.3 is 9.30 Å². The van der Waals surface area contributed by atoms with Crippen molar-refractivity contribution in [3.63, 3.8) is 0 Å². The topological polar surface area (TPSA) is 84.1 Å². The Hall–Kier alpha value is -2.98. The first kappa shape index (κ1) is 19.8. The molecule has 146 valence electrons. The first-order chi connectivity index (χ1) is 13.2. The van der Waals surface area contributed by atoms with Gasteiger partial charge in [0, 0.05) is 23.2 Å². The summed E-state index contributed by atoms with van der Waals surface area (Å²) in [6.45, 7) is 6.64. The van der Waals surface area contributed by atoms with Crippen LogP contribution in [-0.2, 0) is 10.0 Å². The third-order valence-corrected chi connectivity index (χ3v) is 4.98. The van der Waals surface area contributed by atoms with E-state index in [2.05, 4.69) is 29.2 Å². The molecule has 0 fully saturated rings. The van der Waals surface area contributed by atoms with E-state index in [0.717, 1.165) is 34.2 Å². The quantitative estimate of drug-likeness (QED) is 0.662. The third-order valence-electron chi connectivity index (χ3n) is 4.38. The number of anilines is 1. The molecule has 0 bridgehead atoms. The van der Waals surface area contributed by atoms with E-state index in [4.69, 9.17) is 4.74 Å². The van der Waals surface area contributed by atoms with E-state index in [9.17, 15) is 13.7 Å². The first-order valence-electron chi connectivity index (χ1n) is 9.04. The number of aromatic nitrogens is 1. The molecule has 3 rings (SSSR count). The van der Waals surface area contributed by atoms with E-state index in [1.165, 1.54) is 0 Å². The molecule has 0 saturated heterocycles. The van der Waals surface area contributed by atoms with Crippen molar-refractivity contribution < 1.29 is 13.2 Å². The number of sulfonamides is 1. The van der Waals surface area contributed by atoms with Crippen molar-refractivity contribution in [2.75, 3.05) is 17.6 Å². The van der Waals surface area contributed by atoms with Crippen molar-refractivity contribution in [2.45, 2.75) is 26.8 Å². The van der Waals surface area contributed by atoms with Gasteiger partial charge in [-0.1, -0.05) is 12.1 Å². The molecule has 28 heavy (non-hydrogen) atoms. The lowest BCUT2D eigenvalue weighted by molar-refractivity contribution is 0.340. The van der Waals surface area contributed by atoms with Crippen molar-refractivity contribution in [1.29, 1.82) is 5.26 Å². The number of fused-ring (bicyclic) bond motifs is 1. The normalized spacial score (nSPS) is 11.6. The summed E-state index contributed by atoms with van der Waals surface area (Å²) < 4.78 is 33.1. The van der Waals surface area contributed by atoms with E-state index in [1.807, 2.05) is 37.3 Å². The molecule has 1 N–H and O–H groups in total. The Labute approximate surface area is 165 Å². The number of nitrogens with one attached hydrogen (secondary N) is 1. The van der Waals surface area contributed by atoms with Crippen LogP contribution in [0.25, 0.3) is 22.2 Å². The maximum atomic E-state index is 11.4. The molecule has 0 amide bonds. The lowest BCUT2D eigenvalue weighted by Crippen LogP contribution is -2.09. The molecule has 0 radical (unpaired) electrons. The van der Waals surface area contributed by atoms with Crippen LogP contribution in [0.3, 0.4) is 0 Å². The van der Waals surface area contributed by atoms with Gasteiger partial charge in [0.1, 0.15) is 11.8 Å². The molecular weight excluding hydrogens is 374 g/mol. The van der Waals surface area contributed by atoms with Crippen molar-refractivity contribution in [3.8, 4) is 23.1 Å². The fourth-order valence-corrected chi connectivity index (χ4v) is 3.95. The van der Waals surface area contributed by atoms with E-state index in [-0.39, 0.29) is 6.04 Å². The number of benzene rings is 2. The summed E-state index contributed by atoms with van der Waals surface area (Å²) in [4.78, 5) is 0. The number of hydrogen-bond donors (Lipinski definition) is 1. The van der Waals surface area contributed by atoms with Gasteiger partial charge in [0.25, 0.3) is 0 Å². The second-order valence-electron chi connectivity index (χ2n) is 6.86. The van der Waals surface area contributed by atoms with Gasteiger partial charge in [0.2, 0.25) is 10.0 Å². The van der Waals surface area contributed by atoms with Crippen LogP contribution >= 0.6 is 0 Å². The second kappa shape index (κ2) is 7.56. The van der Waals surface area contributed by atoms with Gasteiger partial charge in [-0.3, -0.25) is 4.72 Å². The number of nitriles is 1. The zero-order valence-electron chi connectivity index (χ0n) is 16.4. The number of rotatable bonds is 6. The predicted molar refractivity (Wildman–Crippen MR) is 112 cm³/mol. The highest BCUT2D eigenvalue weighted by molar-refractivity contribution is 7.92. The lowest BCUT2D eigenvalue weighted by Gasteiger charge is -2.16. The fraction of sp³-hybridized carbons (Fsp3) is 0.286. The summed E-state index contributed by atoms with van der Waals surface area (Å²) in [6, 6.07) is 15.3. The first-order valence-corrected chi connectivity index (χ1v) is 10.9. The van der Waals surface area contributed by atoms with Crippen molar-refractivity contribution >= 4 is 26.6 Å². The van der Waals surface area contributed by atoms with Gasteiger partial charge in [-0.25, -0.2) is 8.42 Å². The van der Waals surface area contributed by atoms with E-state index in [1.54, 1.807) is 12.1 Å². The molecule has 0 aliphatic rings. The Morgan fingerprint density at radius 2 is 1.86 bits per heavy atom. The van der Waals surface area contributed by atoms with Crippen LogP contribution in [0, 0.1) is 11.3 Å². The highest BCUT2D eigenvalue weighted by Gasteiger charge is 2.21. The molecule has 0 aliphatic heterocycles. The molecule has 0 atom stereocenters. The molecule has 0 aliphatic carbocycles. The van der Waals surface area contributed by atoms with E-state index < -0.39 is 10.0 Å². The van der Waals surface area contributed by atoms with Crippen molar-refractivity contribution in [3.05, 3.63) is 48.0 Å². The Morgan fingerprint density at radius 1 is 1.18 bits per heavy atom. The fourth-order valence-electron chi connectivity index (χ4n) is 3.39. The van der Waals surface area contributed by atoms with E-state index >= 15 is 0 Å². The highest BCUT2D eigenvalue weighted by Crippen LogP contribution is 2.37. The van der Waals surface area contributed by atoms with Crippen LogP contribution in [0.2, 0.25) is 0 Å². The molecule has 0 saturated carbocycles. The monoisotopic (exact) mass is 397 g/mol. The van der Waals surface area contributed by atoms with Crippen LogP contribution < -0.4 is 9.46 Å². The SMILES string of the molecule is CCOc1ccc2c(C#N)c(-c3ccc(NS(C)(=O)=O)cc3)n(C(C)C)c2c1. The average Bonchev–Trinajstić information content (AvgIpc) is 2.95. The number of nitrogens with zero attached hydrogens (tertiary/aromatic N) is 2. The summed E-state index contributed by atoms with van der Waals surface area (Å²) in [5, 5.41) is 10.7. The molecule has 3 aromatic rings. The molecule has 2 aromatic carbocycles. The highest BCUT2D eigenvalue weighted by atomic mass is 32.2. The maximum Gasteiger partial charge on any atom is 0.229 e. The average molecular weight is 398 g/mol. The number of ether oxygens (including phenoxy) is 1. The standard InChI is InChI=1S/C21H23N3O3S/c1-5-27-17-10-11-18-19(13-22)21(24(14(2)3)20(18)12-17)15-6-8-16(9-7-15)23-28(4,25)26/h6-12,14,23H,5H2,1-4H3. The third kappa shape index (κ3) is 3.82. The molecule has 1 heterocycles. The van der Waals surface area contributed by atoms with Gasteiger partial charge in [0.15, 0.2) is 0 Å². The summed E-state index contributed by atoms with van der Waals surface area (Å²) in [5.74, 6) is 0.762. The Morgan fingerprint density at radius 3 is 2.39 bits per heavy atom. The predicted octanol–water partition coefficient (Wildman–Crippen LogP) is 4.53. The van der Waals surface area contributed by atoms with Crippen LogP contribution in [0.15, 0.2) is 42.5 Å². The van der Waals surface area contributed by atoms with Crippen LogP contribution in [0.1, 0.15) is 32.4 Å². The summed E-state index contributed by atoms with van der Waals surface area (Å²) >= 11 is 0. The largest absolute Gasteiger partial charge is 0.494 e. The summed E-state index contributed by atoms with van der Waals surface area (Å²) in [6.07, 6.45) is 1.11. The minimum Gasteiger partial charge on any atom is -0.494 e. The maximum absolute atomic E-state index is 11.4. The Balaban J connectivity index is 2.22. The van der Waals surface area contributed by atoms with Gasteiger partial charge in [-0.2, -0.15) is 5.26 Å². The van der Waals surface area contributed by atoms with Gasteiger partial charge in [-0.05, 0) is 50.6 Å². The molecule has 1 aromatic heterocycles.